The SMILES string of the molecule is Nc1nc(Cl)c2cc(Br)cnc2n1. The molecule has 4 nitrogen and oxygen atoms in total. The molecule has 0 aromatic carbocycles. The largest absolute Gasteiger partial charge is 0.368 e. The molecule has 2 N–H and O–H groups in total. The Morgan fingerprint density at radius 2 is 2.15 bits per heavy atom. The van der Waals surface area contributed by atoms with Crippen LogP contribution in [0.4, 0.5) is 5.95 Å². The molecule has 6 heteroatoms. The Balaban J connectivity index is 2.87. The van der Waals surface area contributed by atoms with Crippen LogP contribution in [-0.2, 0) is 0 Å². The summed E-state index contributed by atoms with van der Waals surface area (Å²) in [7, 11) is 0. The van der Waals surface area contributed by atoms with Gasteiger partial charge in [-0.25, -0.2) is 9.97 Å². The van der Waals surface area contributed by atoms with Gasteiger partial charge in [-0.05, 0) is 22.0 Å². The molecular weight excluding hydrogens is 255 g/mol. The fraction of sp³-hybridized carbons (Fsp3) is 0. The van der Waals surface area contributed by atoms with E-state index in [2.05, 4.69) is 30.9 Å². The van der Waals surface area contributed by atoms with E-state index in [1.165, 1.54) is 0 Å². The summed E-state index contributed by atoms with van der Waals surface area (Å²) in [4.78, 5) is 11.8. The van der Waals surface area contributed by atoms with Crippen LogP contribution in [0.15, 0.2) is 16.7 Å². The zero-order chi connectivity index (χ0) is 9.42. The molecular formula is C7H4BrClN4. The molecule has 2 rings (SSSR count). The Kier molecular flexibility index (Phi) is 2.05. The maximum absolute atomic E-state index is 5.84. The van der Waals surface area contributed by atoms with Crippen molar-refractivity contribution >= 4 is 44.5 Å². The summed E-state index contributed by atoms with van der Waals surface area (Å²) in [6.07, 6.45) is 1.63. The van der Waals surface area contributed by atoms with Crippen molar-refractivity contribution in [1.29, 1.82) is 0 Å². The molecule has 2 aromatic rings. The van der Waals surface area contributed by atoms with E-state index in [1.54, 1.807) is 12.3 Å². The fourth-order valence-electron chi connectivity index (χ4n) is 0.967. The van der Waals surface area contributed by atoms with Gasteiger partial charge in [0.2, 0.25) is 5.95 Å². The van der Waals surface area contributed by atoms with Crippen LogP contribution in [0, 0.1) is 0 Å². The van der Waals surface area contributed by atoms with Crippen LogP contribution in [0.2, 0.25) is 5.15 Å². The van der Waals surface area contributed by atoms with Gasteiger partial charge in [-0.15, -0.1) is 0 Å². The molecule has 0 spiro atoms. The fourth-order valence-corrected chi connectivity index (χ4v) is 1.52. The second-order valence-corrected chi connectivity index (χ2v) is 3.67. The monoisotopic (exact) mass is 258 g/mol. The van der Waals surface area contributed by atoms with Gasteiger partial charge in [-0.2, -0.15) is 4.98 Å². The predicted octanol–water partition coefficient (Wildman–Crippen LogP) is 2.02. The van der Waals surface area contributed by atoms with E-state index in [4.69, 9.17) is 17.3 Å². The van der Waals surface area contributed by atoms with E-state index in [9.17, 15) is 0 Å². The van der Waals surface area contributed by atoms with E-state index in [1.807, 2.05) is 0 Å². The Morgan fingerprint density at radius 1 is 1.38 bits per heavy atom. The van der Waals surface area contributed by atoms with E-state index >= 15 is 0 Å². The lowest BCUT2D eigenvalue weighted by molar-refractivity contribution is 1.19. The van der Waals surface area contributed by atoms with Crippen LogP contribution in [0.25, 0.3) is 11.0 Å². The number of hydrogen-bond acceptors (Lipinski definition) is 4. The number of pyridine rings is 1. The predicted molar refractivity (Wildman–Crippen MR) is 54.5 cm³/mol. The summed E-state index contributed by atoms with van der Waals surface area (Å²) < 4.78 is 0.829. The van der Waals surface area contributed by atoms with Crippen molar-refractivity contribution in [1.82, 2.24) is 15.0 Å². The van der Waals surface area contributed by atoms with E-state index < -0.39 is 0 Å². The number of rotatable bonds is 0. The molecule has 0 aliphatic rings. The molecule has 0 aliphatic carbocycles. The van der Waals surface area contributed by atoms with E-state index in [0.29, 0.717) is 16.2 Å². The van der Waals surface area contributed by atoms with Crippen molar-refractivity contribution < 1.29 is 0 Å². The minimum absolute atomic E-state index is 0.132. The van der Waals surface area contributed by atoms with Gasteiger partial charge in [0.25, 0.3) is 0 Å². The van der Waals surface area contributed by atoms with Crippen LogP contribution >= 0.6 is 27.5 Å². The summed E-state index contributed by atoms with van der Waals surface area (Å²) in [6, 6.07) is 1.80. The van der Waals surface area contributed by atoms with Crippen molar-refractivity contribution in [2.75, 3.05) is 5.73 Å². The van der Waals surface area contributed by atoms with Crippen molar-refractivity contribution in [2.24, 2.45) is 0 Å². The molecule has 0 aliphatic heterocycles. The first-order chi connectivity index (χ1) is 6.16. The van der Waals surface area contributed by atoms with Gasteiger partial charge in [-0.1, -0.05) is 11.6 Å². The first-order valence-electron chi connectivity index (χ1n) is 3.41. The number of nitrogens with zero attached hydrogens (tertiary/aromatic N) is 3. The van der Waals surface area contributed by atoms with E-state index in [0.717, 1.165) is 4.47 Å². The first-order valence-corrected chi connectivity index (χ1v) is 4.58. The number of anilines is 1. The van der Waals surface area contributed by atoms with E-state index in [-0.39, 0.29) is 5.95 Å². The molecule has 13 heavy (non-hydrogen) atoms. The van der Waals surface area contributed by atoms with Crippen molar-refractivity contribution in [3.05, 3.63) is 21.9 Å². The van der Waals surface area contributed by atoms with Gasteiger partial charge in [0, 0.05) is 10.7 Å². The third-order valence-electron chi connectivity index (χ3n) is 1.49. The Bertz CT molecular complexity index is 473. The molecule has 0 atom stereocenters. The Hall–Kier alpha value is -0.940. The molecule has 0 radical (unpaired) electrons. The zero-order valence-corrected chi connectivity index (χ0v) is 8.67. The van der Waals surface area contributed by atoms with Gasteiger partial charge in [-0.3, -0.25) is 0 Å². The van der Waals surface area contributed by atoms with Crippen molar-refractivity contribution in [2.45, 2.75) is 0 Å². The van der Waals surface area contributed by atoms with Gasteiger partial charge < -0.3 is 5.73 Å². The molecule has 66 valence electrons. The van der Waals surface area contributed by atoms with Gasteiger partial charge in [0.05, 0.1) is 5.39 Å². The molecule has 0 bridgehead atoms. The maximum atomic E-state index is 5.84. The van der Waals surface area contributed by atoms with Gasteiger partial charge >= 0.3 is 0 Å². The highest BCUT2D eigenvalue weighted by Crippen LogP contribution is 2.22. The van der Waals surface area contributed by atoms with Crippen LogP contribution in [0.5, 0.6) is 0 Å². The summed E-state index contributed by atoms with van der Waals surface area (Å²) >= 11 is 9.12. The third kappa shape index (κ3) is 1.57. The third-order valence-corrected chi connectivity index (χ3v) is 2.21. The lowest BCUT2D eigenvalue weighted by atomic mass is 10.3. The van der Waals surface area contributed by atoms with Crippen LogP contribution < -0.4 is 5.73 Å². The van der Waals surface area contributed by atoms with Crippen LogP contribution in [-0.4, -0.2) is 15.0 Å². The standard InChI is InChI=1S/C7H4BrClN4/c8-3-1-4-5(9)12-7(10)13-6(4)11-2-3/h1-2H,(H2,10,11,12,13). The topological polar surface area (TPSA) is 64.7 Å². The minimum atomic E-state index is 0.132. The lowest BCUT2D eigenvalue weighted by Gasteiger charge is -1.99. The highest BCUT2D eigenvalue weighted by atomic mass is 79.9. The summed E-state index contributed by atoms with van der Waals surface area (Å²) in [5.74, 6) is 0.132. The minimum Gasteiger partial charge on any atom is -0.368 e. The lowest BCUT2D eigenvalue weighted by Crippen LogP contribution is -1.96. The van der Waals surface area contributed by atoms with Crippen molar-refractivity contribution in [3.63, 3.8) is 0 Å². The summed E-state index contributed by atoms with van der Waals surface area (Å²) in [5.41, 5.74) is 5.91. The van der Waals surface area contributed by atoms with Crippen LogP contribution in [0.3, 0.4) is 0 Å². The average molecular weight is 259 g/mol. The average Bonchev–Trinajstić information content (AvgIpc) is 2.06. The number of fused-ring (bicyclic) bond motifs is 1. The zero-order valence-electron chi connectivity index (χ0n) is 6.33. The number of hydrogen-bond donors (Lipinski definition) is 1. The number of halogens is 2. The Morgan fingerprint density at radius 3 is 2.92 bits per heavy atom. The highest BCUT2D eigenvalue weighted by molar-refractivity contribution is 9.10. The summed E-state index contributed by atoms with van der Waals surface area (Å²) in [5, 5.41) is 1.00. The highest BCUT2D eigenvalue weighted by Gasteiger charge is 2.04. The van der Waals surface area contributed by atoms with Gasteiger partial charge in [0.15, 0.2) is 5.65 Å². The maximum Gasteiger partial charge on any atom is 0.223 e. The van der Waals surface area contributed by atoms with Crippen LogP contribution in [0.1, 0.15) is 0 Å². The first kappa shape index (κ1) is 8.65. The molecule has 0 saturated heterocycles. The molecule has 0 saturated carbocycles. The van der Waals surface area contributed by atoms with Gasteiger partial charge in [0.1, 0.15) is 5.15 Å². The number of nitrogen functional groups attached to an aromatic ring is 1. The quantitative estimate of drug-likeness (QED) is 0.735. The molecule has 2 aromatic heterocycles. The second kappa shape index (κ2) is 3.08. The normalized spacial score (nSPS) is 10.6. The Labute approximate surface area is 87.3 Å². The molecule has 2 heterocycles. The van der Waals surface area contributed by atoms with Crippen molar-refractivity contribution in [3.8, 4) is 0 Å². The molecule has 0 fully saturated rings. The summed E-state index contributed by atoms with van der Waals surface area (Å²) in [6.45, 7) is 0. The molecule has 0 unspecified atom stereocenters. The number of nitrogens with two attached hydrogens (primary N) is 1. The smallest absolute Gasteiger partial charge is 0.223 e. The molecule has 0 amide bonds. The second-order valence-electron chi connectivity index (χ2n) is 2.40. The number of aromatic nitrogens is 3.